The van der Waals surface area contributed by atoms with E-state index in [2.05, 4.69) is 9.71 Å². The number of nitrogens with one attached hydrogen (secondary N) is 2. The van der Waals surface area contributed by atoms with E-state index in [0.29, 0.717) is 9.72 Å². The second kappa shape index (κ2) is 5.58. The fourth-order valence-corrected chi connectivity index (χ4v) is 4.30. The Kier molecular flexibility index (Phi) is 3.90. The molecule has 1 aromatic heterocycles. The molecule has 9 heteroatoms. The SMILES string of the molecule is O=c1[nH]c2c(S(=O)(=O)Nc3ccc(Cl)c(Cl)c3)cccc2s1. The lowest BCUT2D eigenvalue weighted by molar-refractivity contribution is 0.602. The largest absolute Gasteiger partial charge is 0.311 e. The quantitative estimate of drug-likeness (QED) is 0.733. The summed E-state index contributed by atoms with van der Waals surface area (Å²) in [5.41, 5.74) is 0.564. The molecule has 0 amide bonds. The van der Waals surface area contributed by atoms with Crippen LogP contribution in [0.15, 0.2) is 46.1 Å². The summed E-state index contributed by atoms with van der Waals surface area (Å²) in [6.45, 7) is 0. The van der Waals surface area contributed by atoms with Crippen LogP contribution >= 0.6 is 34.5 Å². The smallest absolute Gasteiger partial charge is 0.305 e. The Labute approximate surface area is 139 Å². The van der Waals surface area contributed by atoms with E-state index in [1.54, 1.807) is 12.1 Å². The Bertz CT molecular complexity index is 1030. The molecule has 0 radical (unpaired) electrons. The maximum absolute atomic E-state index is 12.5. The summed E-state index contributed by atoms with van der Waals surface area (Å²) in [6.07, 6.45) is 0. The molecule has 0 aliphatic rings. The average molecular weight is 375 g/mol. The number of aromatic nitrogens is 1. The van der Waals surface area contributed by atoms with Gasteiger partial charge < -0.3 is 4.98 Å². The normalized spacial score (nSPS) is 11.7. The number of benzene rings is 2. The lowest BCUT2D eigenvalue weighted by atomic mass is 10.3. The predicted molar refractivity (Wildman–Crippen MR) is 89.7 cm³/mol. The Morgan fingerprint density at radius 1 is 1.09 bits per heavy atom. The highest BCUT2D eigenvalue weighted by atomic mass is 35.5. The second-order valence-corrected chi connectivity index (χ2v) is 7.86. The van der Waals surface area contributed by atoms with Crippen molar-refractivity contribution in [3.8, 4) is 0 Å². The van der Waals surface area contributed by atoms with Crippen molar-refractivity contribution in [3.05, 3.63) is 56.1 Å². The fraction of sp³-hybridized carbons (Fsp3) is 0. The lowest BCUT2D eigenvalue weighted by Crippen LogP contribution is -2.13. The van der Waals surface area contributed by atoms with Crippen molar-refractivity contribution in [2.75, 3.05) is 4.72 Å². The molecule has 0 spiro atoms. The van der Waals surface area contributed by atoms with Crippen LogP contribution in [0.3, 0.4) is 0 Å². The number of hydrogen-bond acceptors (Lipinski definition) is 4. The second-order valence-electron chi connectivity index (χ2n) is 4.38. The van der Waals surface area contributed by atoms with Gasteiger partial charge in [0.25, 0.3) is 10.0 Å². The van der Waals surface area contributed by atoms with Crippen molar-refractivity contribution >= 4 is 60.5 Å². The minimum atomic E-state index is -3.87. The van der Waals surface area contributed by atoms with E-state index >= 15 is 0 Å². The van der Waals surface area contributed by atoms with E-state index in [1.807, 2.05) is 0 Å². The minimum absolute atomic E-state index is 0.00516. The van der Waals surface area contributed by atoms with E-state index < -0.39 is 10.0 Å². The van der Waals surface area contributed by atoms with Gasteiger partial charge in [-0.05, 0) is 30.3 Å². The van der Waals surface area contributed by atoms with Gasteiger partial charge >= 0.3 is 4.87 Å². The molecule has 0 saturated heterocycles. The van der Waals surface area contributed by atoms with Crippen LogP contribution in [0.5, 0.6) is 0 Å². The summed E-state index contributed by atoms with van der Waals surface area (Å²) in [5, 5.41) is 0.567. The van der Waals surface area contributed by atoms with Crippen molar-refractivity contribution in [2.24, 2.45) is 0 Å². The van der Waals surface area contributed by atoms with Crippen LogP contribution in [-0.4, -0.2) is 13.4 Å². The number of anilines is 1. The zero-order valence-corrected chi connectivity index (χ0v) is 13.9. The first-order valence-corrected chi connectivity index (χ1v) is 9.02. The zero-order chi connectivity index (χ0) is 15.9. The van der Waals surface area contributed by atoms with Crippen LogP contribution in [-0.2, 0) is 10.0 Å². The van der Waals surface area contributed by atoms with E-state index in [9.17, 15) is 13.2 Å². The standard InChI is InChI=1S/C13H8Cl2N2O3S2/c14-8-5-4-7(6-9(8)15)17-22(19,20)11-3-1-2-10-12(11)16-13(18)21-10/h1-6,17H,(H,16,18). The summed E-state index contributed by atoms with van der Waals surface area (Å²) >= 11 is 12.6. The molecule has 3 aromatic rings. The number of sulfonamides is 1. The molecule has 1 heterocycles. The molecule has 0 atom stereocenters. The number of para-hydroxylation sites is 1. The summed E-state index contributed by atoms with van der Waals surface area (Å²) in [6, 6.07) is 9.09. The van der Waals surface area contributed by atoms with Gasteiger partial charge in [0.15, 0.2) is 0 Å². The van der Waals surface area contributed by atoms with Gasteiger partial charge in [-0.15, -0.1) is 0 Å². The topological polar surface area (TPSA) is 79.0 Å². The van der Waals surface area contributed by atoms with E-state index in [4.69, 9.17) is 23.2 Å². The molecule has 0 aliphatic carbocycles. The molecule has 3 rings (SSSR count). The van der Waals surface area contributed by atoms with Crippen molar-refractivity contribution in [1.29, 1.82) is 0 Å². The maximum Gasteiger partial charge on any atom is 0.305 e. The lowest BCUT2D eigenvalue weighted by Gasteiger charge is -2.09. The first-order chi connectivity index (χ1) is 10.4. The number of fused-ring (bicyclic) bond motifs is 1. The number of H-pyrrole nitrogens is 1. The Morgan fingerprint density at radius 2 is 1.86 bits per heavy atom. The predicted octanol–water partition coefficient (Wildman–Crippen LogP) is 3.70. The van der Waals surface area contributed by atoms with Gasteiger partial charge in [0.05, 0.1) is 25.9 Å². The molecular formula is C13H8Cl2N2O3S2. The van der Waals surface area contributed by atoms with Crippen molar-refractivity contribution in [1.82, 2.24) is 4.98 Å². The summed E-state index contributed by atoms with van der Waals surface area (Å²) < 4.78 is 28.0. The summed E-state index contributed by atoms with van der Waals surface area (Å²) in [5.74, 6) is 0. The third-order valence-electron chi connectivity index (χ3n) is 2.88. The number of hydrogen-bond donors (Lipinski definition) is 2. The minimum Gasteiger partial charge on any atom is -0.311 e. The van der Waals surface area contributed by atoms with Crippen molar-refractivity contribution < 1.29 is 8.42 Å². The van der Waals surface area contributed by atoms with Crippen molar-refractivity contribution in [2.45, 2.75) is 4.90 Å². The molecule has 0 bridgehead atoms. The molecule has 0 unspecified atom stereocenters. The van der Waals surface area contributed by atoms with Gasteiger partial charge in [0.1, 0.15) is 4.90 Å². The molecular weight excluding hydrogens is 367 g/mol. The summed E-state index contributed by atoms with van der Waals surface area (Å²) in [7, 11) is -3.87. The highest BCUT2D eigenvalue weighted by Gasteiger charge is 2.19. The zero-order valence-electron chi connectivity index (χ0n) is 10.8. The fourth-order valence-electron chi connectivity index (χ4n) is 1.94. The first-order valence-electron chi connectivity index (χ1n) is 5.96. The Balaban J connectivity index is 2.08. The van der Waals surface area contributed by atoms with Gasteiger partial charge in [-0.3, -0.25) is 9.52 Å². The Morgan fingerprint density at radius 3 is 2.59 bits per heavy atom. The van der Waals surface area contributed by atoms with Gasteiger partial charge in [0, 0.05) is 0 Å². The van der Waals surface area contributed by atoms with Gasteiger partial charge in [-0.1, -0.05) is 40.6 Å². The monoisotopic (exact) mass is 374 g/mol. The van der Waals surface area contributed by atoms with Gasteiger partial charge in [0.2, 0.25) is 0 Å². The van der Waals surface area contributed by atoms with Crippen molar-refractivity contribution in [3.63, 3.8) is 0 Å². The average Bonchev–Trinajstić information content (AvgIpc) is 2.82. The van der Waals surface area contributed by atoms with Gasteiger partial charge in [-0.25, -0.2) is 8.42 Å². The molecule has 5 nitrogen and oxygen atoms in total. The first kappa shape index (κ1) is 15.4. The number of thiazole rings is 1. The molecule has 2 aromatic carbocycles. The van der Waals surface area contributed by atoms with Crippen LogP contribution in [0.4, 0.5) is 5.69 Å². The number of aromatic amines is 1. The van der Waals surface area contributed by atoms with Crippen LogP contribution in [0, 0.1) is 0 Å². The van der Waals surface area contributed by atoms with E-state index in [0.717, 1.165) is 11.3 Å². The molecule has 2 N–H and O–H groups in total. The van der Waals surface area contributed by atoms with Crippen LogP contribution in [0.25, 0.3) is 10.2 Å². The molecule has 0 fully saturated rings. The number of rotatable bonds is 3. The van der Waals surface area contributed by atoms with E-state index in [-0.39, 0.29) is 26.0 Å². The number of halogens is 2. The van der Waals surface area contributed by atoms with Gasteiger partial charge in [-0.2, -0.15) is 0 Å². The van der Waals surface area contributed by atoms with E-state index in [1.165, 1.54) is 24.3 Å². The van der Waals surface area contributed by atoms with Crippen LogP contribution in [0.1, 0.15) is 0 Å². The molecule has 0 aliphatic heterocycles. The molecule has 0 saturated carbocycles. The molecule has 114 valence electrons. The molecule has 22 heavy (non-hydrogen) atoms. The van der Waals surface area contributed by atoms with Crippen LogP contribution in [0.2, 0.25) is 10.0 Å². The third kappa shape index (κ3) is 2.85. The van der Waals surface area contributed by atoms with Crippen LogP contribution < -0.4 is 9.60 Å². The Hall–Kier alpha value is -1.54. The summed E-state index contributed by atoms with van der Waals surface area (Å²) in [4.78, 5) is 13.6. The highest BCUT2D eigenvalue weighted by molar-refractivity contribution is 7.93. The maximum atomic E-state index is 12.5. The highest BCUT2D eigenvalue weighted by Crippen LogP contribution is 2.28. The third-order valence-corrected chi connectivity index (χ3v) is 5.89.